The quantitative estimate of drug-likeness (QED) is 0.559. The molecule has 0 fully saturated rings. The van der Waals surface area contributed by atoms with E-state index < -0.39 is 0 Å². The van der Waals surface area contributed by atoms with Crippen LogP contribution in [0.4, 0.5) is 0 Å². The van der Waals surface area contributed by atoms with Gasteiger partial charge in [-0.25, -0.2) is 0 Å². The molecule has 80 valence electrons. The molecule has 0 radical (unpaired) electrons. The van der Waals surface area contributed by atoms with E-state index in [2.05, 4.69) is 41.5 Å². The molecule has 13 heavy (non-hydrogen) atoms. The Bertz CT molecular complexity index is 113. The maximum absolute atomic E-state index is 2.42. The summed E-state index contributed by atoms with van der Waals surface area (Å²) in [7, 11) is 0. The monoisotopic (exact) mass is 184 g/mol. The normalized spacial score (nSPS) is 16.6. The topological polar surface area (TPSA) is 0 Å². The molecule has 0 aliphatic heterocycles. The summed E-state index contributed by atoms with van der Waals surface area (Å²) < 4.78 is 0. The van der Waals surface area contributed by atoms with Gasteiger partial charge in [0.15, 0.2) is 0 Å². The van der Waals surface area contributed by atoms with Crippen molar-refractivity contribution < 1.29 is 0 Å². The van der Waals surface area contributed by atoms with Gasteiger partial charge in [-0.3, -0.25) is 0 Å². The van der Waals surface area contributed by atoms with Gasteiger partial charge in [-0.1, -0.05) is 54.4 Å². The van der Waals surface area contributed by atoms with Gasteiger partial charge in [0, 0.05) is 0 Å². The van der Waals surface area contributed by atoms with E-state index in [1.165, 1.54) is 19.3 Å². The maximum Gasteiger partial charge on any atom is -0.0389 e. The van der Waals surface area contributed by atoms with Crippen LogP contribution in [-0.2, 0) is 0 Å². The van der Waals surface area contributed by atoms with E-state index in [0.717, 1.165) is 23.7 Å². The first kappa shape index (κ1) is 13.0. The van der Waals surface area contributed by atoms with Gasteiger partial charge in [0.1, 0.15) is 0 Å². The van der Waals surface area contributed by atoms with E-state index in [1.54, 1.807) is 0 Å². The molecule has 0 aromatic heterocycles. The maximum atomic E-state index is 2.42. The second kappa shape index (κ2) is 6.45. The van der Waals surface area contributed by atoms with E-state index in [9.17, 15) is 0 Å². The highest BCUT2D eigenvalue weighted by Crippen LogP contribution is 2.28. The number of rotatable bonds is 6. The summed E-state index contributed by atoms with van der Waals surface area (Å²) in [5, 5.41) is 0. The van der Waals surface area contributed by atoms with Crippen LogP contribution in [0.1, 0.15) is 60.8 Å². The Morgan fingerprint density at radius 1 is 0.846 bits per heavy atom. The van der Waals surface area contributed by atoms with Crippen molar-refractivity contribution in [2.75, 3.05) is 0 Å². The summed E-state index contributed by atoms with van der Waals surface area (Å²) in [5.41, 5.74) is 0. The lowest BCUT2D eigenvalue weighted by molar-refractivity contribution is 0.242. The van der Waals surface area contributed by atoms with Crippen molar-refractivity contribution in [1.29, 1.82) is 0 Å². The summed E-state index contributed by atoms with van der Waals surface area (Å²) in [4.78, 5) is 0. The molecular weight excluding hydrogens is 156 g/mol. The Morgan fingerprint density at radius 3 is 1.69 bits per heavy atom. The molecule has 0 aromatic carbocycles. The zero-order valence-electron chi connectivity index (χ0n) is 10.4. The van der Waals surface area contributed by atoms with Crippen molar-refractivity contribution in [2.45, 2.75) is 60.8 Å². The van der Waals surface area contributed by atoms with E-state index in [4.69, 9.17) is 0 Å². The van der Waals surface area contributed by atoms with Crippen molar-refractivity contribution >= 4 is 0 Å². The second-order valence-electron chi connectivity index (χ2n) is 5.24. The van der Waals surface area contributed by atoms with Crippen LogP contribution in [-0.4, -0.2) is 0 Å². The van der Waals surface area contributed by atoms with Gasteiger partial charge in [0.2, 0.25) is 0 Å². The number of hydrogen-bond donors (Lipinski definition) is 0. The van der Waals surface area contributed by atoms with Gasteiger partial charge in [-0.2, -0.15) is 0 Å². The van der Waals surface area contributed by atoms with Gasteiger partial charge < -0.3 is 0 Å². The Labute approximate surface area is 85.1 Å². The van der Waals surface area contributed by atoms with Crippen LogP contribution in [0.2, 0.25) is 0 Å². The third-order valence-electron chi connectivity index (χ3n) is 3.43. The average molecular weight is 184 g/mol. The minimum absolute atomic E-state index is 0.845. The molecular formula is C13H28. The molecule has 2 unspecified atom stereocenters. The molecule has 0 aliphatic rings. The fourth-order valence-corrected chi connectivity index (χ4v) is 1.93. The van der Waals surface area contributed by atoms with Crippen molar-refractivity contribution in [3.05, 3.63) is 0 Å². The summed E-state index contributed by atoms with van der Waals surface area (Å²) in [6, 6.07) is 0. The summed E-state index contributed by atoms with van der Waals surface area (Å²) in [6.45, 7) is 14.1. The van der Waals surface area contributed by atoms with Gasteiger partial charge in [-0.15, -0.1) is 0 Å². The van der Waals surface area contributed by atoms with Crippen LogP contribution in [0.25, 0.3) is 0 Å². The van der Waals surface area contributed by atoms with Gasteiger partial charge in [0.25, 0.3) is 0 Å². The van der Waals surface area contributed by atoms with Crippen LogP contribution in [0.15, 0.2) is 0 Å². The van der Waals surface area contributed by atoms with Crippen LogP contribution in [0.3, 0.4) is 0 Å². The van der Waals surface area contributed by atoms with Crippen LogP contribution in [0.5, 0.6) is 0 Å². The lowest BCUT2D eigenvalue weighted by Crippen LogP contribution is -2.17. The smallest absolute Gasteiger partial charge is 0.0389 e. The van der Waals surface area contributed by atoms with Crippen molar-refractivity contribution in [3.63, 3.8) is 0 Å². The number of hydrogen-bond acceptors (Lipinski definition) is 0. The van der Waals surface area contributed by atoms with E-state index >= 15 is 0 Å². The molecule has 2 atom stereocenters. The Kier molecular flexibility index (Phi) is 6.45. The van der Waals surface area contributed by atoms with Gasteiger partial charge in [0.05, 0.1) is 0 Å². The Morgan fingerprint density at radius 2 is 1.38 bits per heavy atom. The third kappa shape index (κ3) is 5.33. The largest absolute Gasteiger partial charge is 0.0651 e. The summed E-state index contributed by atoms with van der Waals surface area (Å²) in [6.07, 6.45) is 4.18. The van der Waals surface area contributed by atoms with Gasteiger partial charge in [-0.05, 0) is 30.1 Å². The summed E-state index contributed by atoms with van der Waals surface area (Å²) >= 11 is 0. The van der Waals surface area contributed by atoms with Crippen LogP contribution >= 0.6 is 0 Å². The predicted molar refractivity (Wildman–Crippen MR) is 61.9 cm³/mol. The SMILES string of the molecule is CCC(CCC(C)C)C(C)C(C)C. The molecule has 0 N–H and O–H groups in total. The second-order valence-corrected chi connectivity index (χ2v) is 5.24. The van der Waals surface area contributed by atoms with Crippen molar-refractivity contribution in [3.8, 4) is 0 Å². The Balaban J connectivity index is 3.87. The standard InChI is InChI=1S/C13H28/c1-7-13(9-8-10(2)3)12(6)11(4)5/h10-13H,7-9H2,1-6H3. The first-order valence-corrected chi connectivity index (χ1v) is 5.99. The zero-order valence-corrected chi connectivity index (χ0v) is 10.4. The molecule has 0 saturated carbocycles. The lowest BCUT2D eigenvalue weighted by Gasteiger charge is -2.26. The van der Waals surface area contributed by atoms with Gasteiger partial charge >= 0.3 is 0 Å². The Hall–Kier alpha value is 0. The average Bonchev–Trinajstić information content (AvgIpc) is 2.04. The first-order chi connectivity index (χ1) is 5.99. The lowest BCUT2D eigenvalue weighted by atomic mass is 9.80. The molecule has 0 aromatic rings. The van der Waals surface area contributed by atoms with E-state index in [-0.39, 0.29) is 0 Å². The molecule has 0 amide bonds. The fourth-order valence-electron chi connectivity index (χ4n) is 1.93. The minimum Gasteiger partial charge on any atom is -0.0651 e. The van der Waals surface area contributed by atoms with Crippen molar-refractivity contribution in [1.82, 2.24) is 0 Å². The molecule has 0 heteroatoms. The first-order valence-electron chi connectivity index (χ1n) is 5.99. The molecule has 0 nitrogen and oxygen atoms in total. The molecule has 0 saturated heterocycles. The van der Waals surface area contributed by atoms with E-state index in [0.29, 0.717) is 0 Å². The fraction of sp³-hybridized carbons (Fsp3) is 1.00. The molecule has 0 aliphatic carbocycles. The summed E-state index contributed by atoms with van der Waals surface area (Å²) in [5.74, 6) is 3.55. The van der Waals surface area contributed by atoms with Crippen LogP contribution in [0, 0.1) is 23.7 Å². The minimum atomic E-state index is 0.845. The zero-order chi connectivity index (χ0) is 10.4. The molecule has 0 bridgehead atoms. The molecule has 0 spiro atoms. The molecule has 0 rings (SSSR count). The predicted octanol–water partition coefficient (Wildman–Crippen LogP) is 4.74. The highest BCUT2D eigenvalue weighted by molar-refractivity contribution is 4.68. The highest BCUT2D eigenvalue weighted by Gasteiger charge is 2.18. The highest BCUT2D eigenvalue weighted by atomic mass is 14.2. The van der Waals surface area contributed by atoms with Crippen LogP contribution < -0.4 is 0 Å². The van der Waals surface area contributed by atoms with Crippen molar-refractivity contribution in [2.24, 2.45) is 23.7 Å². The third-order valence-corrected chi connectivity index (χ3v) is 3.43. The molecule has 0 heterocycles. The van der Waals surface area contributed by atoms with E-state index in [1.807, 2.05) is 0 Å².